The largest absolute Gasteiger partial charge is 0.378 e. The Morgan fingerprint density at radius 3 is 3.05 bits per heavy atom. The van der Waals surface area contributed by atoms with E-state index in [4.69, 9.17) is 4.74 Å². The summed E-state index contributed by atoms with van der Waals surface area (Å²) in [5.74, 6) is 0. The zero-order valence-corrected chi connectivity index (χ0v) is 12.6. The lowest BCUT2D eigenvalue weighted by Gasteiger charge is -2.09. The smallest absolute Gasteiger partial charge is 0.250 e. The van der Waals surface area contributed by atoms with Crippen LogP contribution in [0.25, 0.3) is 0 Å². The second-order valence-electron chi connectivity index (χ2n) is 4.63. The summed E-state index contributed by atoms with van der Waals surface area (Å²) in [4.78, 5) is 0. The highest BCUT2D eigenvalue weighted by atomic mass is 32.2. The van der Waals surface area contributed by atoms with E-state index in [0.717, 1.165) is 31.4 Å². The van der Waals surface area contributed by atoms with E-state index in [0.29, 0.717) is 17.3 Å². The molecule has 0 bridgehead atoms. The maximum absolute atomic E-state index is 12.1. The first-order valence-electron chi connectivity index (χ1n) is 6.45. The molecule has 19 heavy (non-hydrogen) atoms. The van der Waals surface area contributed by atoms with Gasteiger partial charge in [0.1, 0.15) is 4.21 Å². The highest BCUT2D eigenvalue weighted by Gasteiger charge is 2.19. The molecule has 5 nitrogen and oxygen atoms in total. The third-order valence-electron chi connectivity index (χ3n) is 3.06. The summed E-state index contributed by atoms with van der Waals surface area (Å²) in [6, 6.07) is 1.72. The lowest BCUT2D eigenvalue weighted by Crippen LogP contribution is -2.26. The summed E-state index contributed by atoms with van der Waals surface area (Å²) in [6.45, 7) is 1.92. The van der Waals surface area contributed by atoms with Crippen LogP contribution in [0.2, 0.25) is 0 Å². The summed E-state index contributed by atoms with van der Waals surface area (Å²) in [5.41, 5.74) is 0.993. The van der Waals surface area contributed by atoms with Crippen LogP contribution in [0.3, 0.4) is 0 Å². The summed E-state index contributed by atoms with van der Waals surface area (Å²) >= 11 is 1.26. The normalized spacial score (nSPS) is 19.9. The lowest BCUT2D eigenvalue weighted by atomic mass is 10.2. The summed E-state index contributed by atoms with van der Waals surface area (Å²) in [5, 5.41) is 4.87. The Kier molecular flexibility index (Phi) is 5.35. The van der Waals surface area contributed by atoms with Gasteiger partial charge in [-0.3, -0.25) is 0 Å². The van der Waals surface area contributed by atoms with Crippen molar-refractivity contribution in [2.24, 2.45) is 0 Å². The Bertz CT molecular complexity index is 493. The third kappa shape index (κ3) is 4.25. The van der Waals surface area contributed by atoms with Crippen LogP contribution in [0.15, 0.2) is 15.7 Å². The van der Waals surface area contributed by atoms with Crippen LogP contribution in [0.4, 0.5) is 0 Å². The molecule has 1 saturated heterocycles. The van der Waals surface area contributed by atoms with E-state index >= 15 is 0 Å². The highest BCUT2D eigenvalue weighted by molar-refractivity contribution is 7.91. The summed E-state index contributed by atoms with van der Waals surface area (Å²) in [7, 11) is -1.53. The van der Waals surface area contributed by atoms with Gasteiger partial charge in [0.25, 0.3) is 0 Å². The highest BCUT2D eigenvalue weighted by Crippen LogP contribution is 2.20. The molecule has 2 N–H and O–H groups in total. The van der Waals surface area contributed by atoms with Crippen molar-refractivity contribution in [3.8, 4) is 0 Å². The molecule has 1 aromatic rings. The molecule has 0 aliphatic carbocycles. The second kappa shape index (κ2) is 6.81. The molecule has 1 unspecified atom stereocenters. The molecule has 0 spiro atoms. The number of ether oxygens (including phenoxy) is 1. The van der Waals surface area contributed by atoms with E-state index in [2.05, 4.69) is 10.0 Å². The zero-order chi connectivity index (χ0) is 13.7. The quantitative estimate of drug-likeness (QED) is 0.797. The fourth-order valence-electron chi connectivity index (χ4n) is 2.09. The zero-order valence-electron chi connectivity index (χ0n) is 11.0. The molecule has 1 aromatic heterocycles. The molecular formula is C12H20N2O3S2. The molecule has 1 atom stereocenters. The molecule has 1 fully saturated rings. The molecule has 1 aliphatic rings. The first-order chi connectivity index (χ1) is 9.12. The van der Waals surface area contributed by atoms with Crippen LogP contribution in [0.1, 0.15) is 24.8 Å². The Labute approximate surface area is 118 Å². The van der Waals surface area contributed by atoms with Crippen molar-refractivity contribution < 1.29 is 13.2 Å². The average Bonchev–Trinajstić information content (AvgIpc) is 3.00. The van der Waals surface area contributed by atoms with E-state index in [9.17, 15) is 8.42 Å². The maximum Gasteiger partial charge on any atom is 0.250 e. The molecule has 7 heteroatoms. The Morgan fingerprint density at radius 2 is 2.37 bits per heavy atom. The molecule has 2 rings (SSSR count). The first kappa shape index (κ1) is 14.9. The molecule has 0 aromatic carbocycles. The molecule has 0 amide bonds. The Morgan fingerprint density at radius 1 is 1.53 bits per heavy atom. The number of hydrogen-bond donors (Lipinski definition) is 2. The maximum atomic E-state index is 12.1. The van der Waals surface area contributed by atoms with E-state index in [1.807, 2.05) is 12.4 Å². The van der Waals surface area contributed by atoms with E-state index in [1.54, 1.807) is 6.07 Å². The van der Waals surface area contributed by atoms with E-state index in [-0.39, 0.29) is 6.10 Å². The molecule has 108 valence electrons. The number of thiophene rings is 1. The number of nitrogens with one attached hydrogen (secondary N) is 2. The van der Waals surface area contributed by atoms with Crippen LogP contribution >= 0.6 is 11.3 Å². The van der Waals surface area contributed by atoms with Crippen molar-refractivity contribution >= 4 is 21.4 Å². The monoisotopic (exact) mass is 304 g/mol. The van der Waals surface area contributed by atoms with Crippen molar-refractivity contribution in [2.75, 3.05) is 20.2 Å². The van der Waals surface area contributed by atoms with Gasteiger partial charge in [-0.1, -0.05) is 0 Å². The molecule has 2 heterocycles. The number of rotatable bonds is 7. The van der Waals surface area contributed by atoms with Gasteiger partial charge in [0.2, 0.25) is 10.0 Å². The molecule has 0 saturated carbocycles. The Balaban J connectivity index is 1.85. The van der Waals surface area contributed by atoms with Crippen molar-refractivity contribution in [2.45, 2.75) is 36.1 Å². The van der Waals surface area contributed by atoms with Gasteiger partial charge in [0, 0.05) is 19.7 Å². The third-order valence-corrected chi connectivity index (χ3v) is 6.01. The first-order valence-corrected chi connectivity index (χ1v) is 8.81. The minimum atomic E-state index is -3.36. The van der Waals surface area contributed by atoms with Gasteiger partial charge < -0.3 is 10.1 Å². The lowest BCUT2D eigenvalue weighted by molar-refractivity contribution is 0.105. The predicted molar refractivity (Wildman–Crippen MR) is 75.9 cm³/mol. The van der Waals surface area contributed by atoms with Gasteiger partial charge in [-0.25, -0.2) is 13.1 Å². The van der Waals surface area contributed by atoms with Gasteiger partial charge in [0.15, 0.2) is 0 Å². The fraction of sp³-hybridized carbons (Fsp3) is 0.667. The van der Waals surface area contributed by atoms with Crippen LogP contribution in [-0.2, 0) is 21.3 Å². The minimum Gasteiger partial charge on any atom is -0.378 e. The van der Waals surface area contributed by atoms with Crippen molar-refractivity contribution in [3.05, 3.63) is 17.0 Å². The van der Waals surface area contributed by atoms with Crippen molar-refractivity contribution in [3.63, 3.8) is 0 Å². The van der Waals surface area contributed by atoms with Gasteiger partial charge >= 0.3 is 0 Å². The van der Waals surface area contributed by atoms with Crippen molar-refractivity contribution in [1.82, 2.24) is 10.0 Å². The minimum absolute atomic E-state index is 0.214. The Hall–Kier alpha value is -0.470. The van der Waals surface area contributed by atoms with E-state index in [1.165, 1.54) is 11.3 Å². The molecular weight excluding hydrogens is 284 g/mol. The van der Waals surface area contributed by atoms with Crippen LogP contribution in [-0.4, -0.2) is 34.7 Å². The summed E-state index contributed by atoms with van der Waals surface area (Å²) in [6.07, 6.45) is 3.07. The average molecular weight is 304 g/mol. The number of hydrogen-bond acceptors (Lipinski definition) is 5. The van der Waals surface area contributed by atoms with Gasteiger partial charge in [-0.15, -0.1) is 11.3 Å². The van der Waals surface area contributed by atoms with Crippen LogP contribution < -0.4 is 10.0 Å². The van der Waals surface area contributed by atoms with Crippen LogP contribution in [0.5, 0.6) is 0 Å². The molecule has 0 radical (unpaired) electrons. The van der Waals surface area contributed by atoms with Gasteiger partial charge in [-0.2, -0.15) is 0 Å². The predicted octanol–water partition coefficient (Wildman–Crippen LogP) is 1.31. The van der Waals surface area contributed by atoms with Crippen molar-refractivity contribution in [1.29, 1.82) is 0 Å². The molecule has 1 aliphatic heterocycles. The standard InChI is InChI=1S/C12H20N2O3S2/c1-13-8-10-7-12(18-9-10)19(15,16)14-5-4-11-3-2-6-17-11/h7,9,11,13-14H,2-6,8H2,1H3. The fourth-order valence-corrected chi connectivity index (χ4v) is 4.39. The topological polar surface area (TPSA) is 67.4 Å². The number of sulfonamides is 1. The van der Waals surface area contributed by atoms with Crippen LogP contribution in [0, 0.1) is 0 Å². The van der Waals surface area contributed by atoms with Gasteiger partial charge in [0.05, 0.1) is 6.10 Å². The van der Waals surface area contributed by atoms with Gasteiger partial charge in [-0.05, 0) is 43.3 Å². The second-order valence-corrected chi connectivity index (χ2v) is 7.53. The summed E-state index contributed by atoms with van der Waals surface area (Å²) < 4.78 is 32.6. The van der Waals surface area contributed by atoms with E-state index < -0.39 is 10.0 Å². The SMILES string of the molecule is CNCc1csc(S(=O)(=O)NCCC2CCCO2)c1.